The van der Waals surface area contributed by atoms with Crippen molar-refractivity contribution in [1.82, 2.24) is 5.32 Å². The fourth-order valence-corrected chi connectivity index (χ4v) is 11.6. The fraction of sp³-hybridized carbons (Fsp3) is 0.679. The van der Waals surface area contributed by atoms with Gasteiger partial charge in [-0.1, -0.05) is 88.8 Å². The van der Waals surface area contributed by atoms with E-state index in [0.29, 0.717) is 48.8 Å². The number of methoxy groups -OCH3 is 2. The highest BCUT2D eigenvalue weighted by molar-refractivity contribution is 5.87. The number of rotatable bonds is 10. The van der Waals surface area contributed by atoms with Crippen molar-refractivity contribution >= 4 is 11.9 Å². The number of likely N-dealkylation sites (N-methyl/N-ethyl adjacent to an activating group) is 1. The van der Waals surface area contributed by atoms with Crippen molar-refractivity contribution in [3.8, 4) is 0 Å². The van der Waals surface area contributed by atoms with Crippen molar-refractivity contribution in [2.75, 3.05) is 27.9 Å². The average Bonchev–Trinajstić information content (AvgIpc) is 3.70. The quantitative estimate of drug-likeness (QED) is 0.138. The Morgan fingerprint density at radius 2 is 1.60 bits per heavy atom. The zero-order chi connectivity index (χ0) is 52.1. The Hall–Kier alpha value is -3.62. The first-order valence-electron chi connectivity index (χ1n) is 26.0. The number of carbonyl (C=O) groups is 2. The second kappa shape index (κ2) is 24.4. The van der Waals surface area contributed by atoms with Crippen molar-refractivity contribution < 1.29 is 72.3 Å². The number of aromatic carboxylic acids is 1. The normalized spacial score (nSPS) is 43.6. The molecule has 6 heterocycles. The van der Waals surface area contributed by atoms with Gasteiger partial charge in [0.1, 0.15) is 35.9 Å². The summed E-state index contributed by atoms with van der Waals surface area (Å²) in [6.45, 7) is 16.4. The van der Waals surface area contributed by atoms with Gasteiger partial charge < -0.3 is 68.0 Å². The number of carbonyl (C=O) groups excluding carboxylic acids is 1. The molecule has 8 rings (SSSR count). The second-order valence-corrected chi connectivity index (χ2v) is 21.0. The van der Waals surface area contributed by atoms with Gasteiger partial charge in [-0.2, -0.15) is 0 Å². The molecule has 72 heavy (non-hydrogen) atoms. The highest BCUT2D eigenvalue weighted by atomic mass is 16.7. The molecule has 0 radical (unpaired) electrons. The second-order valence-electron chi connectivity index (χ2n) is 21.0. The van der Waals surface area contributed by atoms with Crippen LogP contribution in [-0.4, -0.2) is 152 Å². The third-order valence-corrected chi connectivity index (χ3v) is 15.9. The minimum Gasteiger partial charge on any atom is -0.478 e. The summed E-state index contributed by atoms with van der Waals surface area (Å²) in [6, 6.07) is 8.34. The summed E-state index contributed by atoms with van der Waals surface area (Å²) in [4.78, 5) is 24.6. The Bertz CT molecular complexity index is 2140. The van der Waals surface area contributed by atoms with E-state index >= 15 is 0 Å². The highest BCUT2D eigenvalue weighted by Gasteiger charge is 2.60. The number of aliphatic hydroxyl groups is 2. The van der Waals surface area contributed by atoms with E-state index in [4.69, 9.17) is 52.5 Å². The van der Waals surface area contributed by atoms with E-state index in [1.165, 1.54) is 0 Å². The van der Waals surface area contributed by atoms with Gasteiger partial charge in [0.15, 0.2) is 18.4 Å². The van der Waals surface area contributed by atoms with Crippen LogP contribution in [0.25, 0.3) is 0 Å². The molecule has 0 saturated carbocycles. The van der Waals surface area contributed by atoms with Crippen LogP contribution in [0.1, 0.15) is 104 Å². The van der Waals surface area contributed by atoms with Gasteiger partial charge in [-0.05, 0) is 82.0 Å². The Morgan fingerprint density at radius 3 is 2.26 bits per heavy atom. The predicted octanol–water partition coefficient (Wildman–Crippen LogP) is 6.99. The van der Waals surface area contributed by atoms with Gasteiger partial charge in [0.25, 0.3) is 0 Å². The van der Waals surface area contributed by atoms with Crippen LogP contribution in [-0.2, 0) is 52.2 Å². The monoisotopic (exact) mass is 1010 g/mol. The summed E-state index contributed by atoms with van der Waals surface area (Å²) in [7, 11) is 5.30. The summed E-state index contributed by atoms with van der Waals surface area (Å²) < 4.78 is 64.6. The van der Waals surface area contributed by atoms with Crippen LogP contribution in [0.2, 0.25) is 0 Å². The molecule has 4 fully saturated rings. The van der Waals surface area contributed by atoms with Crippen LogP contribution in [0.5, 0.6) is 0 Å². The minimum absolute atomic E-state index is 0.0411. The molecule has 4 N–H and O–H groups in total. The molecule has 20 atom stereocenters. The number of fused-ring (bicyclic) bond motifs is 2. The van der Waals surface area contributed by atoms with Crippen LogP contribution in [0, 0.1) is 23.7 Å². The molecule has 1 aromatic carbocycles. The summed E-state index contributed by atoms with van der Waals surface area (Å²) in [5.41, 5.74) is 0.511. The van der Waals surface area contributed by atoms with E-state index in [2.05, 4.69) is 52.1 Å². The molecule has 1 aliphatic carbocycles. The molecular weight excluding hydrogens is 927 g/mol. The van der Waals surface area contributed by atoms with Gasteiger partial charge in [-0.25, -0.2) is 4.79 Å². The zero-order valence-corrected chi connectivity index (χ0v) is 44.0. The molecule has 16 heteroatoms. The Kier molecular flexibility index (Phi) is 19.0. The molecule has 7 aliphatic rings. The van der Waals surface area contributed by atoms with Crippen LogP contribution >= 0.6 is 0 Å². The first-order chi connectivity index (χ1) is 34.3. The first kappa shape index (κ1) is 56.1. The molecule has 0 aromatic heterocycles. The molecule has 400 valence electrons. The van der Waals surface area contributed by atoms with Gasteiger partial charge in [0.2, 0.25) is 0 Å². The number of hydrogen-bond acceptors (Lipinski definition) is 15. The molecular formula is C56H81NO15. The number of allylic oxidation sites excluding steroid dienone is 2. The topological polar surface area (TPSA) is 199 Å². The largest absolute Gasteiger partial charge is 0.478 e. The lowest BCUT2D eigenvalue weighted by Crippen LogP contribution is -2.58. The van der Waals surface area contributed by atoms with Gasteiger partial charge in [0.05, 0.1) is 60.9 Å². The summed E-state index contributed by atoms with van der Waals surface area (Å²) in [5, 5.41) is 35.4. The van der Waals surface area contributed by atoms with Gasteiger partial charge in [0, 0.05) is 51.7 Å². The SMILES string of the molecule is CC[C@H](C)[C@H]1O[C@]2(C=C[C@@H]1C)C[C@@H]1C[C@@H](C/C=C(\C)[C@@H](O[C@H]3C[C@H](OC)[C@@H](O[C@@H]4C[C@@H](OC)[C@@H](NC)[C@@H](C)O4)[C@H](C)O3)[C@@H](C)/C=C/C=C3\CO[C@@H]4[C@H](O)C(C)=C[C@@H](C(=O)O1)[C@]34O)O2.O=C(O)c1ccccc1. The minimum atomic E-state index is -1.83. The fourth-order valence-electron chi connectivity index (χ4n) is 11.6. The summed E-state index contributed by atoms with van der Waals surface area (Å²) in [6.07, 6.45) is 10.7. The van der Waals surface area contributed by atoms with Crippen LogP contribution in [0.4, 0.5) is 0 Å². The number of carboxylic acid groups (broad SMARTS) is 1. The van der Waals surface area contributed by atoms with E-state index in [-0.39, 0.29) is 67.0 Å². The molecule has 6 aliphatic heterocycles. The number of nitrogens with one attached hydrogen (secondary N) is 1. The number of benzene rings is 1. The maximum Gasteiger partial charge on any atom is 0.335 e. The summed E-state index contributed by atoms with van der Waals surface area (Å²) in [5.74, 6) is -3.39. The lowest BCUT2D eigenvalue weighted by molar-refractivity contribution is -0.312. The Morgan fingerprint density at radius 1 is 0.903 bits per heavy atom. The van der Waals surface area contributed by atoms with Crippen molar-refractivity contribution in [3.05, 3.63) is 95.1 Å². The molecule has 1 aromatic rings. The maximum absolute atomic E-state index is 14.4. The summed E-state index contributed by atoms with van der Waals surface area (Å²) >= 11 is 0. The molecule has 2 bridgehead atoms. The zero-order valence-electron chi connectivity index (χ0n) is 44.0. The van der Waals surface area contributed by atoms with Crippen molar-refractivity contribution in [1.29, 1.82) is 0 Å². The van der Waals surface area contributed by atoms with E-state index in [9.17, 15) is 19.8 Å². The van der Waals surface area contributed by atoms with Gasteiger partial charge in [-0.3, -0.25) is 4.79 Å². The molecule has 0 unspecified atom stereocenters. The van der Waals surface area contributed by atoms with E-state index in [0.717, 1.165) is 12.0 Å². The number of esters is 1. The van der Waals surface area contributed by atoms with E-state index in [1.54, 1.807) is 63.6 Å². The van der Waals surface area contributed by atoms with E-state index < -0.39 is 72.3 Å². The Labute approximate surface area is 426 Å². The van der Waals surface area contributed by atoms with Crippen molar-refractivity contribution in [2.45, 2.75) is 191 Å². The van der Waals surface area contributed by atoms with Crippen LogP contribution in [0.15, 0.2) is 89.6 Å². The molecule has 16 nitrogen and oxygen atoms in total. The first-order valence-corrected chi connectivity index (χ1v) is 26.0. The Balaban J connectivity index is 0.000000761. The molecule has 1 spiro atoms. The van der Waals surface area contributed by atoms with Crippen molar-refractivity contribution in [3.63, 3.8) is 0 Å². The number of hydrogen-bond donors (Lipinski definition) is 4. The van der Waals surface area contributed by atoms with Crippen molar-refractivity contribution in [2.24, 2.45) is 23.7 Å². The predicted molar refractivity (Wildman–Crippen MR) is 268 cm³/mol. The van der Waals surface area contributed by atoms with Crippen LogP contribution in [0.3, 0.4) is 0 Å². The van der Waals surface area contributed by atoms with Gasteiger partial charge in [-0.15, -0.1) is 0 Å². The third kappa shape index (κ3) is 12.4. The van der Waals surface area contributed by atoms with E-state index in [1.807, 2.05) is 39.1 Å². The lowest BCUT2D eigenvalue weighted by atomic mass is 9.71. The maximum atomic E-state index is 14.4. The number of ether oxygens (including phenoxy) is 10. The average molecular weight is 1010 g/mol. The standard InChI is InChI=1S/C49H75NO13.C7H6O2/c1-12-26(2)44-29(5)18-19-48(63-44)24-35-21-34(62-48)17-16-28(4)43(27(3)14-13-15-33-25-56-46-42(51)30(6)20-36(47(52)59-35)49(33,46)53)60-40-23-38(55-11)45(32(8)58-40)61-39-22-37(54-10)41(50-9)31(7)57-39;8-7(9)6-4-2-1-3-5-6/h13-16,18-20,26-27,29,31-32,34-46,50-51,53H,12,17,21-25H2,1-11H3;1-5H,(H,8,9)/b14-13+,28-16+,33-15+;/t26-,27-,29-,31+,32-,34+,35-,36-,37+,38-,39+,40-,41-,42+,43-,44+,45-,46+,48+,49+;/m0./s1. The highest BCUT2D eigenvalue weighted by Crippen LogP contribution is 2.47. The third-order valence-electron chi connectivity index (χ3n) is 15.9. The lowest BCUT2D eigenvalue weighted by Gasteiger charge is -2.48. The number of aliphatic hydroxyl groups excluding tert-OH is 1. The number of carboxylic acids is 1. The van der Waals surface area contributed by atoms with Gasteiger partial charge >= 0.3 is 11.9 Å². The van der Waals surface area contributed by atoms with Crippen LogP contribution < -0.4 is 5.32 Å². The smallest absolute Gasteiger partial charge is 0.335 e. The molecule has 4 saturated heterocycles. The molecule has 0 amide bonds.